The van der Waals surface area contributed by atoms with Crippen LogP contribution in [0.15, 0.2) is 54.9 Å². The van der Waals surface area contributed by atoms with E-state index in [1.807, 2.05) is 42.5 Å². The van der Waals surface area contributed by atoms with Gasteiger partial charge in [0.05, 0.1) is 12.8 Å². The van der Waals surface area contributed by atoms with Gasteiger partial charge in [-0.25, -0.2) is 4.98 Å². The van der Waals surface area contributed by atoms with Gasteiger partial charge in [-0.1, -0.05) is 12.1 Å². The highest BCUT2D eigenvalue weighted by atomic mass is 16.5. The zero-order valence-corrected chi connectivity index (χ0v) is 16.2. The van der Waals surface area contributed by atoms with Gasteiger partial charge in [-0.2, -0.15) is 4.98 Å². The number of ether oxygens (including phenoxy) is 1. The molecule has 0 unspecified atom stereocenters. The van der Waals surface area contributed by atoms with Crippen molar-refractivity contribution in [3.05, 3.63) is 60.4 Å². The predicted molar refractivity (Wildman–Crippen MR) is 109 cm³/mol. The minimum Gasteiger partial charge on any atom is -0.497 e. The van der Waals surface area contributed by atoms with Gasteiger partial charge < -0.3 is 15.4 Å². The van der Waals surface area contributed by atoms with Gasteiger partial charge in [0.2, 0.25) is 5.95 Å². The van der Waals surface area contributed by atoms with Crippen molar-refractivity contribution in [1.29, 1.82) is 0 Å². The number of hydrogen-bond acceptors (Lipinski definition) is 6. The molecule has 2 aromatic heterocycles. The number of rotatable bonds is 6. The first-order chi connectivity index (χ1) is 12.9. The van der Waals surface area contributed by atoms with Crippen LogP contribution >= 0.6 is 0 Å². The molecule has 6 heteroatoms. The first-order valence-electron chi connectivity index (χ1n) is 8.87. The fourth-order valence-electron chi connectivity index (χ4n) is 2.57. The lowest BCUT2D eigenvalue weighted by atomic mass is 10.1. The van der Waals surface area contributed by atoms with Crippen molar-refractivity contribution in [2.45, 2.75) is 32.9 Å². The van der Waals surface area contributed by atoms with Gasteiger partial charge >= 0.3 is 0 Å². The molecular formula is C21H25N5O. The predicted octanol–water partition coefficient (Wildman–Crippen LogP) is 4.37. The third kappa shape index (κ3) is 5.41. The molecule has 0 fully saturated rings. The Bertz CT molecular complexity index is 891. The first kappa shape index (κ1) is 18.6. The highest BCUT2D eigenvalue weighted by Crippen LogP contribution is 2.23. The van der Waals surface area contributed by atoms with Crippen LogP contribution in [0.4, 0.5) is 11.8 Å². The summed E-state index contributed by atoms with van der Waals surface area (Å²) in [6.45, 7) is 6.87. The molecule has 0 amide bonds. The van der Waals surface area contributed by atoms with Crippen molar-refractivity contribution in [2.24, 2.45) is 0 Å². The van der Waals surface area contributed by atoms with E-state index >= 15 is 0 Å². The van der Waals surface area contributed by atoms with Crippen molar-refractivity contribution < 1.29 is 4.74 Å². The fourth-order valence-corrected chi connectivity index (χ4v) is 2.57. The zero-order chi connectivity index (χ0) is 19.3. The molecule has 3 aromatic rings. The fraction of sp³-hybridized carbons (Fsp3) is 0.286. The molecular weight excluding hydrogens is 338 g/mol. The summed E-state index contributed by atoms with van der Waals surface area (Å²) in [4.78, 5) is 13.5. The van der Waals surface area contributed by atoms with Gasteiger partial charge in [-0.05, 0) is 50.6 Å². The maximum absolute atomic E-state index is 5.29. The van der Waals surface area contributed by atoms with Crippen LogP contribution < -0.4 is 15.4 Å². The van der Waals surface area contributed by atoms with Gasteiger partial charge in [-0.15, -0.1) is 0 Å². The van der Waals surface area contributed by atoms with E-state index in [0.717, 1.165) is 28.4 Å². The molecule has 3 rings (SSSR count). The average molecular weight is 363 g/mol. The Morgan fingerprint density at radius 1 is 1.04 bits per heavy atom. The van der Waals surface area contributed by atoms with E-state index in [9.17, 15) is 0 Å². The number of anilines is 2. The molecule has 2 N–H and O–H groups in total. The molecule has 0 saturated carbocycles. The SMILES string of the molecule is COc1cccc(CNc2cc(-c3cccnc3)nc(NC(C)(C)C)n2)c1. The number of nitrogens with one attached hydrogen (secondary N) is 2. The molecule has 0 bridgehead atoms. The van der Waals surface area contributed by atoms with Crippen molar-refractivity contribution in [2.75, 3.05) is 17.7 Å². The van der Waals surface area contributed by atoms with Crippen molar-refractivity contribution >= 4 is 11.8 Å². The Kier molecular flexibility index (Phi) is 5.54. The second-order valence-electron chi connectivity index (χ2n) is 7.28. The highest BCUT2D eigenvalue weighted by molar-refractivity contribution is 5.63. The van der Waals surface area contributed by atoms with Gasteiger partial charge in [-0.3, -0.25) is 4.98 Å². The maximum Gasteiger partial charge on any atom is 0.225 e. The van der Waals surface area contributed by atoms with Gasteiger partial charge in [0.25, 0.3) is 0 Å². The summed E-state index contributed by atoms with van der Waals surface area (Å²) >= 11 is 0. The Morgan fingerprint density at radius 2 is 1.89 bits per heavy atom. The average Bonchev–Trinajstić information content (AvgIpc) is 2.66. The highest BCUT2D eigenvalue weighted by Gasteiger charge is 2.14. The number of aromatic nitrogens is 3. The second kappa shape index (κ2) is 8.03. The van der Waals surface area contributed by atoms with Crippen molar-refractivity contribution in [1.82, 2.24) is 15.0 Å². The van der Waals surface area contributed by atoms with Crippen LogP contribution in [-0.4, -0.2) is 27.6 Å². The standard InChI is InChI=1S/C21H25N5O/c1-21(2,3)26-20-24-18(16-8-6-10-22-14-16)12-19(25-20)23-13-15-7-5-9-17(11-15)27-4/h5-12,14H,13H2,1-4H3,(H2,23,24,25,26). The van der Waals surface area contributed by atoms with Crippen LogP contribution in [0.2, 0.25) is 0 Å². The lowest BCUT2D eigenvalue weighted by molar-refractivity contribution is 0.414. The van der Waals surface area contributed by atoms with Crippen molar-refractivity contribution in [3.8, 4) is 17.0 Å². The Labute approximate surface area is 160 Å². The van der Waals surface area contributed by atoms with Gasteiger partial charge in [0.1, 0.15) is 11.6 Å². The summed E-state index contributed by atoms with van der Waals surface area (Å²) in [6, 6.07) is 13.8. The topological polar surface area (TPSA) is 72.0 Å². The molecule has 0 atom stereocenters. The minimum absolute atomic E-state index is 0.141. The molecule has 6 nitrogen and oxygen atoms in total. The third-order valence-corrected chi connectivity index (χ3v) is 3.78. The first-order valence-corrected chi connectivity index (χ1v) is 8.87. The number of pyridine rings is 1. The molecule has 27 heavy (non-hydrogen) atoms. The third-order valence-electron chi connectivity index (χ3n) is 3.78. The molecule has 140 valence electrons. The molecule has 2 heterocycles. The van der Waals surface area contributed by atoms with E-state index in [4.69, 9.17) is 4.74 Å². The largest absolute Gasteiger partial charge is 0.497 e. The van der Waals surface area contributed by atoms with E-state index in [1.54, 1.807) is 19.5 Å². The lowest BCUT2D eigenvalue weighted by Crippen LogP contribution is -2.27. The Morgan fingerprint density at radius 3 is 2.59 bits per heavy atom. The molecule has 1 aromatic carbocycles. The molecule has 0 aliphatic carbocycles. The summed E-state index contributed by atoms with van der Waals surface area (Å²) in [6.07, 6.45) is 3.55. The number of nitrogens with zero attached hydrogens (tertiary/aromatic N) is 3. The molecule has 0 aliphatic rings. The summed E-state index contributed by atoms with van der Waals surface area (Å²) < 4.78 is 5.29. The summed E-state index contributed by atoms with van der Waals surface area (Å²) in [5, 5.41) is 6.73. The van der Waals surface area contributed by atoms with Crippen LogP contribution in [-0.2, 0) is 6.54 Å². The summed E-state index contributed by atoms with van der Waals surface area (Å²) in [5.74, 6) is 2.17. The van der Waals surface area contributed by atoms with E-state index in [-0.39, 0.29) is 5.54 Å². The normalized spacial score (nSPS) is 11.1. The van der Waals surface area contributed by atoms with Crippen LogP contribution in [0.1, 0.15) is 26.3 Å². The monoisotopic (exact) mass is 363 g/mol. The Hall–Kier alpha value is -3.15. The number of methoxy groups -OCH3 is 1. The van der Waals surface area contributed by atoms with E-state index < -0.39 is 0 Å². The maximum atomic E-state index is 5.29. The van der Waals surface area contributed by atoms with Crippen LogP contribution in [0, 0.1) is 0 Å². The lowest BCUT2D eigenvalue weighted by Gasteiger charge is -2.21. The van der Waals surface area contributed by atoms with E-state index in [0.29, 0.717) is 12.5 Å². The zero-order valence-electron chi connectivity index (χ0n) is 16.2. The molecule has 0 saturated heterocycles. The molecule has 0 spiro atoms. The van der Waals surface area contributed by atoms with Crippen LogP contribution in [0.3, 0.4) is 0 Å². The van der Waals surface area contributed by atoms with Crippen molar-refractivity contribution in [3.63, 3.8) is 0 Å². The second-order valence-corrected chi connectivity index (χ2v) is 7.28. The minimum atomic E-state index is -0.141. The quantitative estimate of drug-likeness (QED) is 0.678. The summed E-state index contributed by atoms with van der Waals surface area (Å²) in [5.41, 5.74) is 2.73. The van der Waals surface area contributed by atoms with Gasteiger partial charge in [0.15, 0.2) is 0 Å². The van der Waals surface area contributed by atoms with E-state index in [1.165, 1.54) is 0 Å². The van der Waals surface area contributed by atoms with Crippen LogP contribution in [0.5, 0.6) is 5.75 Å². The van der Waals surface area contributed by atoms with Gasteiger partial charge in [0, 0.05) is 36.1 Å². The molecule has 0 radical (unpaired) electrons. The summed E-state index contributed by atoms with van der Waals surface area (Å²) in [7, 11) is 1.67. The van der Waals surface area contributed by atoms with E-state index in [2.05, 4.69) is 46.4 Å². The number of benzene rings is 1. The smallest absolute Gasteiger partial charge is 0.225 e. The number of hydrogen-bond donors (Lipinski definition) is 2. The molecule has 0 aliphatic heterocycles. The van der Waals surface area contributed by atoms with Crippen LogP contribution in [0.25, 0.3) is 11.3 Å². The Balaban J connectivity index is 1.87.